The lowest BCUT2D eigenvalue weighted by molar-refractivity contribution is -0.142. The molecule has 5 heteroatoms. The van der Waals surface area contributed by atoms with Crippen molar-refractivity contribution in [2.45, 2.75) is 26.4 Å². The summed E-state index contributed by atoms with van der Waals surface area (Å²) in [5.41, 5.74) is 2.11. The average molecular weight is 390 g/mol. The molecule has 0 aliphatic heterocycles. The highest BCUT2D eigenvalue weighted by Crippen LogP contribution is 2.25. The molecule has 3 rings (SSSR count). The number of benzene rings is 3. The molecule has 0 saturated carbocycles. The molecule has 0 aromatic heterocycles. The summed E-state index contributed by atoms with van der Waals surface area (Å²) in [6, 6.07) is 20.9. The smallest absolute Gasteiger partial charge is 0.261 e. The van der Waals surface area contributed by atoms with E-state index in [1.54, 1.807) is 18.9 Å². The summed E-state index contributed by atoms with van der Waals surface area (Å²) in [7, 11) is 1.57. The van der Waals surface area contributed by atoms with Gasteiger partial charge in [-0.1, -0.05) is 66.2 Å². The van der Waals surface area contributed by atoms with E-state index in [0.29, 0.717) is 12.3 Å². The SMILES string of the molecule is CNC(=O)[C@H](C)N(Cc1ccc(C)cc1)C(=O)COc1cccc2ccccc12. The van der Waals surface area contributed by atoms with Gasteiger partial charge in [0.2, 0.25) is 5.91 Å². The minimum absolute atomic E-state index is 0.138. The second kappa shape index (κ2) is 9.24. The number of aryl methyl sites for hydroxylation is 1. The van der Waals surface area contributed by atoms with Crippen LogP contribution in [0.4, 0.5) is 0 Å². The third kappa shape index (κ3) is 4.93. The molecule has 0 aliphatic rings. The summed E-state index contributed by atoms with van der Waals surface area (Å²) in [5.74, 6) is 0.199. The minimum Gasteiger partial charge on any atom is -0.483 e. The Labute approximate surface area is 171 Å². The number of ether oxygens (including phenoxy) is 1. The molecule has 1 N–H and O–H groups in total. The van der Waals surface area contributed by atoms with Crippen molar-refractivity contribution in [2.75, 3.05) is 13.7 Å². The van der Waals surface area contributed by atoms with Crippen LogP contribution in [-0.4, -0.2) is 36.4 Å². The van der Waals surface area contributed by atoms with Gasteiger partial charge in [0.25, 0.3) is 5.91 Å². The Balaban J connectivity index is 1.78. The predicted molar refractivity (Wildman–Crippen MR) is 115 cm³/mol. The molecule has 2 amide bonds. The molecule has 0 saturated heterocycles. The van der Waals surface area contributed by atoms with Crippen molar-refractivity contribution < 1.29 is 14.3 Å². The molecule has 3 aromatic carbocycles. The quantitative estimate of drug-likeness (QED) is 0.669. The number of nitrogens with one attached hydrogen (secondary N) is 1. The zero-order chi connectivity index (χ0) is 20.8. The van der Waals surface area contributed by atoms with Gasteiger partial charge in [-0.2, -0.15) is 0 Å². The van der Waals surface area contributed by atoms with Gasteiger partial charge in [0, 0.05) is 19.0 Å². The van der Waals surface area contributed by atoms with E-state index in [4.69, 9.17) is 4.74 Å². The highest BCUT2D eigenvalue weighted by atomic mass is 16.5. The van der Waals surface area contributed by atoms with Crippen molar-refractivity contribution in [3.05, 3.63) is 77.9 Å². The molecule has 0 aliphatic carbocycles. The summed E-state index contributed by atoms with van der Waals surface area (Å²) < 4.78 is 5.86. The highest BCUT2D eigenvalue weighted by molar-refractivity contribution is 5.90. The lowest BCUT2D eigenvalue weighted by Crippen LogP contribution is -2.48. The summed E-state index contributed by atoms with van der Waals surface area (Å²) in [6.07, 6.45) is 0. The first kappa shape index (κ1) is 20.4. The fraction of sp³-hybridized carbons (Fsp3) is 0.250. The Bertz CT molecular complexity index is 993. The normalized spacial score (nSPS) is 11.7. The molecule has 0 spiro atoms. The van der Waals surface area contributed by atoms with Gasteiger partial charge in [-0.25, -0.2) is 0 Å². The number of carbonyl (C=O) groups excluding carboxylic acids is 2. The highest BCUT2D eigenvalue weighted by Gasteiger charge is 2.26. The Morgan fingerprint density at radius 3 is 2.41 bits per heavy atom. The van der Waals surface area contributed by atoms with Crippen molar-refractivity contribution in [3.8, 4) is 5.75 Å². The number of nitrogens with zero attached hydrogens (tertiary/aromatic N) is 1. The Hall–Kier alpha value is -3.34. The summed E-state index contributed by atoms with van der Waals surface area (Å²) >= 11 is 0. The summed E-state index contributed by atoms with van der Waals surface area (Å²) in [6.45, 7) is 3.94. The van der Waals surface area contributed by atoms with Crippen molar-refractivity contribution in [1.82, 2.24) is 10.2 Å². The minimum atomic E-state index is -0.607. The van der Waals surface area contributed by atoms with E-state index in [1.807, 2.05) is 73.7 Å². The maximum Gasteiger partial charge on any atom is 0.261 e. The second-order valence-electron chi connectivity index (χ2n) is 7.06. The number of fused-ring (bicyclic) bond motifs is 1. The summed E-state index contributed by atoms with van der Waals surface area (Å²) in [4.78, 5) is 26.8. The molecular formula is C24H26N2O3. The van der Waals surface area contributed by atoms with Crippen LogP contribution in [-0.2, 0) is 16.1 Å². The van der Waals surface area contributed by atoms with Crippen LogP contribution in [0, 0.1) is 6.92 Å². The van der Waals surface area contributed by atoms with Gasteiger partial charge in [0.05, 0.1) is 0 Å². The van der Waals surface area contributed by atoms with E-state index in [0.717, 1.165) is 21.9 Å². The predicted octanol–water partition coefficient (Wildman–Crippen LogP) is 3.69. The van der Waals surface area contributed by atoms with E-state index >= 15 is 0 Å². The second-order valence-corrected chi connectivity index (χ2v) is 7.06. The number of likely N-dealkylation sites (N-methyl/N-ethyl adjacent to an activating group) is 1. The van der Waals surface area contributed by atoms with Gasteiger partial charge in [0.15, 0.2) is 6.61 Å². The molecule has 0 bridgehead atoms. The number of rotatable bonds is 7. The molecule has 0 heterocycles. The van der Waals surface area contributed by atoms with E-state index < -0.39 is 6.04 Å². The Kier molecular flexibility index (Phi) is 6.50. The first-order chi connectivity index (χ1) is 14.0. The average Bonchev–Trinajstić information content (AvgIpc) is 2.76. The van der Waals surface area contributed by atoms with E-state index in [1.165, 1.54) is 0 Å². The molecule has 0 radical (unpaired) electrons. The van der Waals surface area contributed by atoms with Crippen LogP contribution < -0.4 is 10.1 Å². The van der Waals surface area contributed by atoms with Crippen molar-refractivity contribution >= 4 is 22.6 Å². The van der Waals surface area contributed by atoms with Gasteiger partial charge < -0.3 is 15.0 Å². The van der Waals surface area contributed by atoms with E-state index in [9.17, 15) is 9.59 Å². The molecule has 0 unspecified atom stereocenters. The molecular weight excluding hydrogens is 364 g/mol. The van der Waals surface area contributed by atoms with Gasteiger partial charge in [-0.05, 0) is 30.9 Å². The molecule has 5 nitrogen and oxygen atoms in total. The monoisotopic (exact) mass is 390 g/mol. The third-order valence-corrected chi connectivity index (χ3v) is 4.99. The number of hydrogen-bond acceptors (Lipinski definition) is 3. The molecule has 3 aromatic rings. The number of carbonyl (C=O) groups is 2. The fourth-order valence-electron chi connectivity index (χ4n) is 3.23. The van der Waals surface area contributed by atoms with Crippen LogP contribution in [0.25, 0.3) is 10.8 Å². The van der Waals surface area contributed by atoms with Gasteiger partial charge in [-0.3, -0.25) is 9.59 Å². The van der Waals surface area contributed by atoms with E-state index in [-0.39, 0.29) is 18.4 Å². The molecule has 29 heavy (non-hydrogen) atoms. The topological polar surface area (TPSA) is 58.6 Å². The molecule has 1 atom stereocenters. The largest absolute Gasteiger partial charge is 0.483 e. The molecule has 0 fully saturated rings. The first-order valence-corrected chi connectivity index (χ1v) is 9.66. The Morgan fingerprint density at radius 2 is 1.69 bits per heavy atom. The number of amides is 2. The fourth-order valence-corrected chi connectivity index (χ4v) is 3.23. The zero-order valence-corrected chi connectivity index (χ0v) is 17.0. The van der Waals surface area contributed by atoms with Crippen LogP contribution in [0.3, 0.4) is 0 Å². The van der Waals surface area contributed by atoms with Gasteiger partial charge in [-0.15, -0.1) is 0 Å². The van der Waals surface area contributed by atoms with E-state index in [2.05, 4.69) is 5.32 Å². The van der Waals surface area contributed by atoms with Gasteiger partial charge >= 0.3 is 0 Å². The van der Waals surface area contributed by atoms with Crippen LogP contribution in [0.2, 0.25) is 0 Å². The maximum atomic E-state index is 13.0. The van der Waals surface area contributed by atoms with Crippen LogP contribution in [0.1, 0.15) is 18.1 Å². The van der Waals surface area contributed by atoms with Gasteiger partial charge in [0.1, 0.15) is 11.8 Å². The number of hydrogen-bond donors (Lipinski definition) is 1. The van der Waals surface area contributed by atoms with Crippen LogP contribution in [0.15, 0.2) is 66.7 Å². The molecule has 150 valence electrons. The lowest BCUT2D eigenvalue weighted by atomic mass is 10.1. The summed E-state index contributed by atoms with van der Waals surface area (Å²) in [5, 5.41) is 4.62. The zero-order valence-electron chi connectivity index (χ0n) is 17.0. The van der Waals surface area contributed by atoms with Crippen LogP contribution >= 0.6 is 0 Å². The van der Waals surface area contributed by atoms with Crippen molar-refractivity contribution in [1.29, 1.82) is 0 Å². The Morgan fingerprint density at radius 1 is 1.00 bits per heavy atom. The van der Waals surface area contributed by atoms with Crippen molar-refractivity contribution in [3.63, 3.8) is 0 Å². The van der Waals surface area contributed by atoms with Crippen molar-refractivity contribution in [2.24, 2.45) is 0 Å². The first-order valence-electron chi connectivity index (χ1n) is 9.66. The third-order valence-electron chi connectivity index (χ3n) is 4.99. The van der Waals surface area contributed by atoms with Crippen LogP contribution in [0.5, 0.6) is 5.75 Å². The lowest BCUT2D eigenvalue weighted by Gasteiger charge is -2.28. The maximum absolute atomic E-state index is 13.0. The standard InChI is InChI=1S/C24H26N2O3/c1-17-11-13-19(14-12-17)15-26(18(2)24(28)25-3)23(27)16-29-22-10-6-8-20-7-4-5-9-21(20)22/h4-14,18H,15-16H2,1-3H3,(H,25,28)/t18-/m0/s1.